The molecule has 3 aromatic rings. The zero-order valence-corrected chi connectivity index (χ0v) is 17.3. The highest BCUT2D eigenvalue weighted by atomic mass is 35.5. The van der Waals surface area contributed by atoms with Crippen molar-refractivity contribution in [3.63, 3.8) is 0 Å². The molecule has 2 aromatic carbocycles. The SMILES string of the molecule is CCn1c(C2CC(NC(=O)Cc3ccc(Cl)cc3)NN2)cc2c(OC)cccc21. The largest absolute Gasteiger partial charge is 0.496 e. The summed E-state index contributed by atoms with van der Waals surface area (Å²) in [4.78, 5) is 12.4. The number of carbonyl (C=O) groups is 1. The van der Waals surface area contributed by atoms with Crippen LogP contribution in [0.2, 0.25) is 5.02 Å². The van der Waals surface area contributed by atoms with Gasteiger partial charge in [0.15, 0.2) is 0 Å². The van der Waals surface area contributed by atoms with E-state index in [4.69, 9.17) is 16.3 Å². The maximum atomic E-state index is 12.4. The maximum Gasteiger partial charge on any atom is 0.225 e. The Balaban J connectivity index is 1.45. The molecule has 0 spiro atoms. The van der Waals surface area contributed by atoms with Gasteiger partial charge in [-0.3, -0.25) is 4.79 Å². The minimum atomic E-state index is -0.134. The Morgan fingerprint density at radius 1 is 1.24 bits per heavy atom. The van der Waals surface area contributed by atoms with Gasteiger partial charge in [-0.15, -0.1) is 0 Å². The molecule has 3 N–H and O–H groups in total. The first-order chi connectivity index (χ1) is 14.1. The van der Waals surface area contributed by atoms with Crippen LogP contribution in [0, 0.1) is 0 Å². The average molecular weight is 413 g/mol. The molecule has 0 aliphatic carbocycles. The predicted molar refractivity (Wildman–Crippen MR) is 115 cm³/mol. The summed E-state index contributed by atoms with van der Waals surface area (Å²) in [5.41, 5.74) is 9.80. The Hall–Kier alpha value is -2.54. The third-order valence-corrected chi connectivity index (χ3v) is 5.60. The molecule has 152 valence electrons. The fourth-order valence-corrected chi connectivity index (χ4v) is 4.10. The zero-order valence-electron chi connectivity index (χ0n) is 16.5. The summed E-state index contributed by atoms with van der Waals surface area (Å²) in [6.45, 7) is 2.99. The van der Waals surface area contributed by atoms with E-state index in [2.05, 4.69) is 39.8 Å². The number of rotatable bonds is 6. The number of hydrogen-bond acceptors (Lipinski definition) is 4. The Morgan fingerprint density at radius 3 is 2.76 bits per heavy atom. The number of carbonyl (C=O) groups excluding carboxylic acids is 1. The van der Waals surface area contributed by atoms with Gasteiger partial charge in [0, 0.05) is 29.1 Å². The lowest BCUT2D eigenvalue weighted by atomic mass is 10.1. The van der Waals surface area contributed by atoms with Crippen LogP contribution in [-0.2, 0) is 17.8 Å². The molecule has 2 heterocycles. The summed E-state index contributed by atoms with van der Waals surface area (Å²) in [6.07, 6.45) is 0.947. The van der Waals surface area contributed by atoms with E-state index in [1.54, 1.807) is 19.2 Å². The van der Waals surface area contributed by atoms with Gasteiger partial charge in [0.25, 0.3) is 0 Å². The monoisotopic (exact) mass is 412 g/mol. The van der Waals surface area contributed by atoms with E-state index >= 15 is 0 Å². The van der Waals surface area contributed by atoms with Gasteiger partial charge in [-0.05, 0) is 42.8 Å². The van der Waals surface area contributed by atoms with Gasteiger partial charge in [-0.2, -0.15) is 0 Å². The fourth-order valence-electron chi connectivity index (χ4n) is 3.97. The van der Waals surface area contributed by atoms with Crippen LogP contribution in [0.5, 0.6) is 5.75 Å². The summed E-state index contributed by atoms with van der Waals surface area (Å²) in [5.74, 6) is 0.847. The van der Waals surface area contributed by atoms with Gasteiger partial charge in [0.05, 0.1) is 31.3 Å². The molecule has 1 aliphatic rings. The molecule has 2 atom stereocenters. The smallest absolute Gasteiger partial charge is 0.225 e. The van der Waals surface area contributed by atoms with Crippen LogP contribution in [0.25, 0.3) is 10.9 Å². The standard InChI is InChI=1S/C22H25ClN4O2/c1-3-27-18-5-4-6-20(29-2)16(18)12-19(27)17-13-21(26-25-17)24-22(28)11-14-7-9-15(23)10-8-14/h4-10,12,17,21,25-26H,3,11,13H2,1-2H3,(H,24,28). The van der Waals surface area contributed by atoms with E-state index in [0.717, 1.165) is 35.2 Å². The number of nitrogens with zero attached hydrogens (tertiary/aromatic N) is 1. The van der Waals surface area contributed by atoms with Gasteiger partial charge < -0.3 is 14.6 Å². The fraction of sp³-hybridized carbons (Fsp3) is 0.318. The van der Waals surface area contributed by atoms with Crippen molar-refractivity contribution in [2.45, 2.75) is 38.5 Å². The van der Waals surface area contributed by atoms with Crippen molar-refractivity contribution in [1.82, 2.24) is 20.7 Å². The molecule has 1 saturated heterocycles. The van der Waals surface area contributed by atoms with E-state index < -0.39 is 0 Å². The molecule has 7 heteroatoms. The normalized spacial score (nSPS) is 18.9. The van der Waals surface area contributed by atoms with Crippen LogP contribution in [0.15, 0.2) is 48.5 Å². The number of hydrazine groups is 1. The van der Waals surface area contributed by atoms with E-state index in [1.165, 1.54) is 5.69 Å². The van der Waals surface area contributed by atoms with E-state index in [9.17, 15) is 4.79 Å². The molecule has 1 fully saturated rings. The van der Waals surface area contributed by atoms with Crippen LogP contribution in [-0.4, -0.2) is 23.7 Å². The Bertz CT molecular complexity index is 1020. The van der Waals surface area contributed by atoms with E-state index in [0.29, 0.717) is 11.4 Å². The molecule has 6 nitrogen and oxygen atoms in total. The minimum Gasteiger partial charge on any atom is -0.496 e. The number of aromatic nitrogens is 1. The van der Waals surface area contributed by atoms with Crippen LogP contribution in [0.4, 0.5) is 0 Å². The highest BCUT2D eigenvalue weighted by Gasteiger charge is 2.29. The summed E-state index contributed by atoms with van der Waals surface area (Å²) in [5, 5.41) is 4.82. The minimum absolute atomic E-state index is 0.0232. The summed E-state index contributed by atoms with van der Waals surface area (Å²) in [6, 6.07) is 15.7. The summed E-state index contributed by atoms with van der Waals surface area (Å²) < 4.78 is 7.81. The van der Waals surface area contributed by atoms with Crippen LogP contribution in [0.1, 0.15) is 30.6 Å². The Labute approximate surface area is 175 Å². The molecule has 4 rings (SSSR count). The second-order valence-corrected chi connectivity index (χ2v) is 7.64. The van der Waals surface area contributed by atoms with Crippen LogP contribution < -0.4 is 20.9 Å². The second kappa shape index (κ2) is 8.45. The number of fused-ring (bicyclic) bond motifs is 1. The molecule has 2 unspecified atom stereocenters. The van der Waals surface area contributed by atoms with Crippen molar-refractivity contribution in [3.05, 3.63) is 64.8 Å². The lowest BCUT2D eigenvalue weighted by molar-refractivity contribution is -0.121. The summed E-state index contributed by atoms with van der Waals surface area (Å²) >= 11 is 5.90. The molecule has 1 amide bonds. The number of aryl methyl sites for hydroxylation is 1. The topological polar surface area (TPSA) is 67.3 Å². The first-order valence-corrected chi connectivity index (χ1v) is 10.2. The lowest BCUT2D eigenvalue weighted by Gasteiger charge is -2.14. The first kappa shape index (κ1) is 19.8. The maximum absolute atomic E-state index is 12.4. The molecule has 1 aromatic heterocycles. The average Bonchev–Trinajstić information content (AvgIpc) is 3.33. The van der Waals surface area contributed by atoms with Gasteiger partial charge in [0.2, 0.25) is 5.91 Å². The van der Waals surface area contributed by atoms with Crippen LogP contribution in [0.3, 0.4) is 0 Å². The van der Waals surface area contributed by atoms with Crippen molar-refractivity contribution in [2.75, 3.05) is 7.11 Å². The van der Waals surface area contributed by atoms with Gasteiger partial charge in [-0.1, -0.05) is 29.8 Å². The van der Waals surface area contributed by atoms with Gasteiger partial charge in [-0.25, -0.2) is 10.9 Å². The van der Waals surface area contributed by atoms with Crippen molar-refractivity contribution < 1.29 is 9.53 Å². The van der Waals surface area contributed by atoms with Crippen molar-refractivity contribution in [1.29, 1.82) is 0 Å². The zero-order chi connectivity index (χ0) is 20.4. The van der Waals surface area contributed by atoms with Gasteiger partial charge >= 0.3 is 0 Å². The molecule has 0 radical (unpaired) electrons. The second-order valence-electron chi connectivity index (χ2n) is 7.21. The number of ether oxygens (including phenoxy) is 1. The number of nitrogens with one attached hydrogen (secondary N) is 3. The molecule has 0 bridgehead atoms. The highest BCUT2D eigenvalue weighted by Crippen LogP contribution is 2.33. The molecule has 0 saturated carbocycles. The Morgan fingerprint density at radius 2 is 2.03 bits per heavy atom. The first-order valence-electron chi connectivity index (χ1n) is 9.80. The van der Waals surface area contributed by atoms with Crippen molar-refractivity contribution >= 4 is 28.4 Å². The lowest BCUT2D eigenvalue weighted by Crippen LogP contribution is -2.44. The number of methoxy groups -OCH3 is 1. The molecule has 29 heavy (non-hydrogen) atoms. The third-order valence-electron chi connectivity index (χ3n) is 5.35. The van der Waals surface area contributed by atoms with Crippen molar-refractivity contribution in [3.8, 4) is 5.75 Å². The highest BCUT2D eigenvalue weighted by molar-refractivity contribution is 6.30. The number of amides is 1. The molecular formula is C22H25ClN4O2. The quantitative estimate of drug-likeness (QED) is 0.579. The van der Waals surface area contributed by atoms with E-state index in [1.807, 2.05) is 24.3 Å². The molecular weight excluding hydrogens is 388 g/mol. The number of benzene rings is 2. The van der Waals surface area contributed by atoms with Gasteiger partial charge in [0.1, 0.15) is 5.75 Å². The number of hydrogen-bond donors (Lipinski definition) is 3. The Kier molecular flexibility index (Phi) is 5.76. The van der Waals surface area contributed by atoms with Crippen LogP contribution >= 0.6 is 11.6 Å². The molecule has 1 aliphatic heterocycles. The van der Waals surface area contributed by atoms with Crippen molar-refractivity contribution in [2.24, 2.45) is 0 Å². The summed E-state index contributed by atoms with van der Waals surface area (Å²) in [7, 11) is 1.69. The third kappa shape index (κ3) is 4.10. The predicted octanol–water partition coefficient (Wildman–Crippen LogP) is 3.55. The number of halogens is 1. The van der Waals surface area contributed by atoms with E-state index in [-0.39, 0.29) is 18.1 Å².